The number of methoxy groups -OCH3 is 1. The molecule has 2 atom stereocenters. The number of nitrogens with one attached hydrogen (secondary N) is 1. The molecule has 0 spiro atoms. The third kappa shape index (κ3) is 3.63. The molecule has 3 heterocycles. The molecule has 160 valence electrons. The Balaban J connectivity index is 1.64. The van der Waals surface area contributed by atoms with Gasteiger partial charge in [0.2, 0.25) is 0 Å². The Morgan fingerprint density at radius 3 is 2.34 bits per heavy atom. The Kier molecular flexibility index (Phi) is 5.37. The van der Waals surface area contributed by atoms with Crippen molar-refractivity contribution in [1.29, 1.82) is 0 Å². The van der Waals surface area contributed by atoms with Gasteiger partial charge in [0.25, 0.3) is 0 Å². The second kappa shape index (κ2) is 8.48. The van der Waals surface area contributed by atoms with Crippen LogP contribution in [-0.4, -0.2) is 21.8 Å². The largest absolute Gasteiger partial charge is 0.497 e. The van der Waals surface area contributed by atoms with E-state index in [1.165, 1.54) is 5.56 Å². The average Bonchev–Trinajstić information content (AvgIpc) is 3.44. The zero-order valence-electron chi connectivity index (χ0n) is 18.0. The van der Waals surface area contributed by atoms with Gasteiger partial charge in [-0.05, 0) is 79.8 Å². The number of hydrogen-bond donors (Lipinski definition) is 1. The molecule has 5 rings (SSSR count). The molecule has 6 heteroatoms. The minimum absolute atomic E-state index is 0.0720. The fraction of sp³-hybridized carbons (Fsp3) is 0.154. The molecule has 0 radical (unpaired) electrons. The molecule has 0 aliphatic carbocycles. The monoisotopic (exact) mass is 440 g/mol. The smallest absolute Gasteiger partial charge is 0.174 e. The van der Waals surface area contributed by atoms with Crippen LogP contribution in [0.3, 0.4) is 0 Å². The zero-order valence-corrected chi connectivity index (χ0v) is 18.8. The van der Waals surface area contributed by atoms with Gasteiger partial charge in [-0.3, -0.25) is 4.98 Å². The van der Waals surface area contributed by atoms with Crippen molar-refractivity contribution < 1.29 is 4.74 Å². The molecule has 0 bridgehead atoms. The first-order chi connectivity index (χ1) is 15.7. The lowest BCUT2D eigenvalue weighted by Gasteiger charge is -2.29. The predicted octanol–water partition coefficient (Wildman–Crippen LogP) is 5.37. The SMILES string of the molecule is COc1ccc(-n2cccc2[C@H]2[C@H](c3ccccn3)NC(=S)N2c2ccc(C)cc2)cc1. The molecule has 32 heavy (non-hydrogen) atoms. The average molecular weight is 441 g/mol. The summed E-state index contributed by atoms with van der Waals surface area (Å²) in [6.07, 6.45) is 3.91. The molecule has 0 unspecified atom stereocenters. The Hall–Kier alpha value is -3.64. The molecule has 5 nitrogen and oxygen atoms in total. The van der Waals surface area contributed by atoms with E-state index in [0.717, 1.165) is 28.5 Å². The molecule has 1 aliphatic rings. The summed E-state index contributed by atoms with van der Waals surface area (Å²) in [5.74, 6) is 0.832. The lowest BCUT2D eigenvalue weighted by molar-refractivity contribution is 0.414. The van der Waals surface area contributed by atoms with Crippen LogP contribution in [0, 0.1) is 6.92 Å². The van der Waals surface area contributed by atoms with Crippen molar-refractivity contribution in [2.24, 2.45) is 0 Å². The summed E-state index contributed by atoms with van der Waals surface area (Å²) in [7, 11) is 1.68. The molecule has 1 saturated heterocycles. The summed E-state index contributed by atoms with van der Waals surface area (Å²) in [6, 6.07) is 26.6. The van der Waals surface area contributed by atoms with Crippen molar-refractivity contribution in [2.75, 3.05) is 12.0 Å². The van der Waals surface area contributed by atoms with Crippen LogP contribution in [0.5, 0.6) is 5.75 Å². The summed E-state index contributed by atoms with van der Waals surface area (Å²) < 4.78 is 7.54. The van der Waals surface area contributed by atoms with Gasteiger partial charge in [-0.25, -0.2) is 0 Å². The molecular formula is C26H24N4OS. The highest BCUT2D eigenvalue weighted by atomic mass is 32.1. The van der Waals surface area contributed by atoms with Gasteiger partial charge in [-0.2, -0.15) is 0 Å². The fourth-order valence-corrected chi connectivity index (χ4v) is 4.60. The van der Waals surface area contributed by atoms with Crippen molar-refractivity contribution in [1.82, 2.24) is 14.9 Å². The van der Waals surface area contributed by atoms with Gasteiger partial charge in [0.1, 0.15) is 11.8 Å². The molecule has 1 fully saturated rings. The van der Waals surface area contributed by atoms with Gasteiger partial charge in [0.15, 0.2) is 5.11 Å². The maximum atomic E-state index is 5.84. The zero-order chi connectivity index (χ0) is 22.1. The van der Waals surface area contributed by atoms with E-state index in [1.807, 2.05) is 36.5 Å². The van der Waals surface area contributed by atoms with Crippen LogP contribution in [0.15, 0.2) is 91.3 Å². The van der Waals surface area contributed by atoms with Crippen LogP contribution in [-0.2, 0) is 0 Å². The molecule has 0 amide bonds. The third-order valence-corrected chi connectivity index (χ3v) is 6.16. The Bertz CT molecular complexity index is 1220. The number of hydrogen-bond acceptors (Lipinski definition) is 3. The number of ether oxygens (including phenoxy) is 1. The minimum Gasteiger partial charge on any atom is -0.497 e. The number of benzene rings is 2. The molecule has 0 saturated carbocycles. The molecule has 2 aromatic heterocycles. The van der Waals surface area contributed by atoms with Crippen molar-refractivity contribution in [3.63, 3.8) is 0 Å². The van der Waals surface area contributed by atoms with E-state index in [2.05, 4.69) is 81.4 Å². The lowest BCUT2D eigenvalue weighted by atomic mass is 10.0. The molecule has 1 aliphatic heterocycles. The van der Waals surface area contributed by atoms with Crippen LogP contribution in [0.25, 0.3) is 5.69 Å². The summed E-state index contributed by atoms with van der Waals surface area (Å²) in [4.78, 5) is 6.85. The lowest BCUT2D eigenvalue weighted by Crippen LogP contribution is -2.30. The number of rotatable bonds is 5. The van der Waals surface area contributed by atoms with Crippen molar-refractivity contribution in [3.05, 3.63) is 108 Å². The number of pyridine rings is 1. The highest BCUT2D eigenvalue weighted by molar-refractivity contribution is 7.80. The van der Waals surface area contributed by atoms with Gasteiger partial charge in [0, 0.05) is 29.5 Å². The van der Waals surface area contributed by atoms with Crippen molar-refractivity contribution >= 4 is 23.0 Å². The van der Waals surface area contributed by atoms with Crippen LogP contribution >= 0.6 is 12.2 Å². The Morgan fingerprint density at radius 1 is 0.906 bits per heavy atom. The first-order valence-electron chi connectivity index (χ1n) is 10.5. The van der Waals surface area contributed by atoms with Crippen LogP contribution in [0.2, 0.25) is 0 Å². The van der Waals surface area contributed by atoms with E-state index in [9.17, 15) is 0 Å². The molecular weight excluding hydrogens is 416 g/mol. The normalized spacial score (nSPS) is 17.9. The van der Waals surface area contributed by atoms with Crippen molar-refractivity contribution in [2.45, 2.75) is 19.0 Å². The fourth-order valence-electron chi connectivity index (χ4n) is 4.25. The maximum absolute atomic E-state index is 5.84. The number of anilines is 1. The van der Waals surface area contributed by atoms with E-state index in [-0.39, 0.29) is 12.1 Å². The van der Waals surface area contributed by atoms with Crippen LogP contribution in [0.1, 0.15) is 29.0 Å². The summed E-state index contributed by atoms with van der Waals surface area (Å²) in [5, 5.41) is 4.22. The predicted molar refractivity (Wildman–Crippen MR) is 131 cm³/mol. The number of nitrogens with zero attached hydrogens (tertiary/aromatic N) is 3. The second-order valence-electron chi connectivity index (χ2n) is 7.83. The van der Waals surface area contributed by atoms with Crippen molar-refractivity contribution in [3.8, 4) is 11.4 Å². The van der Waals surface area contributed by atoms with E-state index in [4.69, 9.17) is 17.0 Å². The Labute approximate surface area is 193 Å². The molecule has 4 aromatic rings. The first-order valence-corrected chi connectivity index (χ1v) is 11.0. The Morgan fingerprint density at radius 2 is 1.66 bits per heavy atom. The second-order valence-corrected chi connectivity index (χ2v) is 8.22. The first kappa shape index (κ1) is 20.3. The number of aromatic nitrogens is 2. The van der Waals surface area contributed by atoms with Gasteiger partial charge >= 0.3 is 0 Å². The summed E-state index contributed by atoms with van der Waals surface area (Å²) >= 11 is 5.84. The number of aryl methyl sites for hydroxylation is 1. The van der Waals surface area contributed by atoms with Gasteiger partial charge in [-0.1, -0.05) is 23.8 Å². The van der Waals surface area contributed by atoms with Gasteiger partial charge in [0.05, 0.1) is 18.8 Å². The standard InChI is InChI=1S/C26H24N4OS/c1-18-8-10-20(11-9-18)30-25(24(28-26(30)32)22-6-3-4-16-27-22)23-7-5-17-29(23)19-12-14-21(31-2)15-13-19/h3-17,24-25H,1-2H3,(H,28,32)/t24-,25-/m0/s1. The summed E-state index contributed by atoms with van der Waals surface area (Å²) in [5.41, 5.74) is 5.41. The van der Waals surface area contributed by atoms with Gasteiger partial charge in [-0.15, -0.1) is 0 Å². The van der Waals surface area contributed by atoms with Crippen LogP contribution in [0.4, 0.5) is 5.69 Å². The molecule has 1 N–H and O–H groups in total. The minimum atomic E-state index is -0.0862. The van der Waals surface area contributed by atoms with Crippen LogP contribution < -0.4 is 15.0 Å². The van der Waals surface area contributed by atoms with E-state index in [1.54, 1.807) is 7.11 Å². The molecule has 2 aromatic carbocycles. The van der Waals surface area contributed by atoms with Gasteiger partial charge < -0.3 is 19.5 Å². The third-order valence-electron chi connectivity index (χ3n) is 5.84. The van der Waals surface area contributed by atoms with E-state index >= 15 is 0 Å². The topological polar surface area (TPSA) is 42.3 Å². The highest BCUT2D eigenvalue weighted by Crippen LogP contribution is 2.42. The van der Waals surface area contributed by atoms with E-state index in [0.29, 0.717) is 5.11 Å². The highest BCUT2D eigenvalue weighted by Gasteiger charge is 2.42. The van der Waals surface area contributed by atoms with E-state index < -0.39 is 0 Å². The quantitative estimate of drug-likeness (QED) is 0.423. The maximum Gasteiger partial charge on any atom is 0.174 e. The number of thiocarbonyl (C=S) groups is 1. The summed E-state index contributed by atoms with van der Waals surface area (Å²) in [6.45, 7) is 2.09.